The van der Waals surface area contributed by atoms with Gasteiger partial charge in [0.15, 0.2) is 0 Å². The molecule has 0 bridgehead atoms. The van der Waals surface area contributed by atoms with Crippen LogP contribution < -0.4 is 11.5 Å². The molecule has 0 spiro atoms. The summed E-state index contributed by atoms with van der Waals surface area (Å²) < 4.78 is 1.62. The molecule has 4 N–H and O–H groups in total. The topological polar surface area (TPSA) is 99.8 Å². The SMILES string of the molecule is NCC(c1cccnc1)n1cc(C(N)=O)cn1. The maximum Gasteiger partial charge on any atom is 0.251 e. The lowest BCUT2D eigenvalue weighted by Crippen LogP contribution is -2.21. The van der Waals surface area contributed by atoms with Gasteiger partial charge < -0.3 is 11.5 Å². The molecule has 2 aromatic heterocycles. The molecule has 0 fully saturated rings. The van der Waals surface area contributed by atoms with Gasteiger partial charge in [-0.2, -0.15) is 5.10 Å². The van der Waals surface area contributed by atoms with Crippen LogP contribution in [0.3, 0.4) is 0 Å². The van der Waals surface area contributed by atoms with Crippen molar-refractivity contribution in [2.75, 3.05) is 6.54 Å². The van der Waals surface area contributed by atoms with Crippen LogP contribution in [0.15, 0.2) is 36.9 Å². The first-order valence-corrected chi connectivity index (χ1v) is 5.16. The highest BCUT2D eigenvalue weighted by Gasteiger charge is 2.14. The monoisotopic (exact) mass is 231 g/mol. The van der Waals surface area contributed by atoms with Crippen LogP contribution in [0.4, 0.5) is 0 Å². The van der Waals surface area contributed by atoms with Crippen LogP contribution in [-0.2, 0) is 0 Å². The Morgan fingerprint density at radius 1 is 1.47 bits per heavy atom. The fourth-order valence-corrected chi connectivity index (χ4v) is 1.61. The van der Waals surface area contributed by atoms with Crippen LogP contribution in [0.25, 0.3) is 0 Å². The van der Waals surface area contributed by atoms with E-state index in [4.69, 9.17) is 11.5 Å². The first kappa shape index (κ1) is 11.3. The van der Waals surface area contributed by atoms with Gasteiger partial charge in [0, 0.05) is 25.1 Å². The number of pyridine rings is 1. The lowest BCUT2D eigenvalue weighted by Gasteiger charge is -2.15. The third-order valence-electron chi connectivity index (χ3n) is 2.50. The maximum absolute atomic E-state index is 11.0. The van der Waals surface area contributed by atoms with Crippen molar-refractivity contribution >= 4 is 5.91 Å². The first-order valence-electron chi connectivity index (χ1n) is 5.16. The lowest BCUT2D eigenvalue weighted by molar-refractivity contribution is 0.1000. The zero-order chi connectivity index (χ0) is 12.3. The summed E-state index contributed by atoms with van der Waals surface area (Å²) in [5, 5.41) is 4.09. The number of carbonyl (C=O) groups excluding carboxylic acids is 1. The van der Waals surface area contributed by atoms with Gasteiger partial charge in [0.25, 0.3) is 5.91 Å². The summed E-state index contributed by atoms with van der Waals surface area (Å²) in [6, 6.07) is 3.60. The van der Waals surface area contributed by atoms with Gasteiger partial charge in [0.2, 0.25) is 0 Å². The largest absolute Gasteiger partial charge is 0.366 e. The molecule has 2 aromatic rings. The van der Waals surface area contributed by atoms with Crippen LogP contribution in [-0.4, -0.2) is 27.2 Å². The second kappa shape index (κ2) is 4.75. The van der Waals surface area contributed by atoms with Crippen molar-refractivity contribution in [2.24, 2.45) is 11.5 Å². The molecular weight excluding hydrogens is 218 g/mol. The van der Waals surface area contributed by atoms with Gasteiger partial charge >= 0.3 is 0 Å². The standard InChI is InChI=1S/C11H13N5O/c12-4-10(8-2-1-3-14-5-8)16-7-9(6-15-16)11(13)17/h1-3,5-7,10H,4,12H2,(H2,13,17). The highest BCUT2D eigenvalue weighted by atomic mass is 16.1. The molecule has 17 heavy (non-hydrogen) atoms. The van der Waals surface area contributed by atoms with Gasteiger partial charge in [-0.1, -0.05) is 6.07 Å². The Hall–Kier alpha value is -2.21. The molecule has 0 aromatic carbocycles. The van der Waals surface area contributed by atoms with E-state index < -0.39 is 5.91 Å². The molecule has 0 saturated carbocycles. The highest BCUT2D eigenvalue weighted by molar-refractivity contribution is 5.92. The average Bonchev–Trinajstić information content (AvgIpc) is 2.81. The number of hydrogen-bond donors (Lipinski definition) is 2. The maximum atomic E-state index is 11.0. The number of hydrogen-bond acceptors (Lipinski definition) is 4. The van der Waals surface area contributed by atoms with Crippen molar-refractivity contribution in [1.29, 1.82) is 0 Å². The molecule has 0 aliphatic rings. The van der Waals surface area contributed by atoms with Crippen molar-refractivity contribution in [1.82, 2.24) is 14.8 Å². The summed E-state index contributed by atoms with van der Waals surface area (Å²) >= 11 is 0. The summed E-state index contributed by atoms with van der Waals surface area (Å²) in [4.78, 5) is 15.0. The van der Waals surface area contributed by atoms with Crippen molar-refractivity contribution < 1.29 is 4.79 Å². The molecule has 2 heterocycles. The molecule has 1 amide bonds. The molecule has 0 radical (unpaired) electrons. The van der Waals surface area contributed by atoms with E-state index in [0.717, 1.165) is 5.56 Å². The molecule has 0 aliphatic carbocycles. The predicted molar refractivity (Wildman–Crippen MR) is 62.2 cm³/mol. The Morgan fingerprint density at radius 3 is 2.82 bits per heavy atom. The van der Waals surface area contributed by atoms with Crippen LogP contribution in [0, 0.1) is 0 Å². The summed E-state index contributed by atoms with van der Waals surface area (Å²) in [6.45, 7) is 0.367. The lowest BCUT2D eigenvalue weighted by atomic mass is 10.1. The van der Waals surface area contributed by atoms with Gasteiger partial charge in [0.05, 0.1) is 17.8 Å². The van der Waals surface area contributed by atoms with E-state index in [9.17, 15) is 4.79 Å². The molecule has 1 atom stereocenters. The van der Waals surface area contributed by atoms with Crippen molar-refractivity contribution in [2.45, 2.75) is 6.04 Å². The van der Waals surface area contributed by atoms with E-state index in [1.165, 1.54) is 6.20 Å². The van der Waals surface area contributed by atoms with E-state index in [1.54, 1.807) is 23.3 Å². The van der Waals surface area contributed by atoms with Crippen LogP contribution in [0.5, 0.6) is 0 Å². The summed E-state index contributed by atoms with van der Waals surface area (Å²) in [5.41, 5.74) is 12.2. The molecule has 2 rings (SSSR count). The average molecular weight is 231 g/mol. The van der Waals surface area contributed by atoms with Gasteiger partial charge in [-0.3, -0.25) is 14.5 Å². The quantitative estimate of drug-likeness (QED) is 0.768. The minimum absolute atomic E-state index is 0.142. The molecular formula is C11H13N5O. The third-order valence-corrected chi connectivity index (χ3v) is 2.50. The van der Waals surface area contributed by atoms with Crippen molar-refractivity contribution in [3.05, 3.63) is 48.0 Å². The van der Waals surface area contributed by atoms with Crippen molar-refractivity contribution in [3.8, 4) is 0 Å². The number of primary amides is 1. The number of amides is 1. The minimum Gasteiger partial charge on any atom is -0.366 e. The summed E-state index contributed by atoms with van der Waals surface area (Å²) in [6.07, 6.45) is 6.44. The molecule has 0 aliphatic heterocycles. The zero-order valence-electron chi connectivity index (χ0n) is 9.15. The van der Waals surface area contributed by atoms with E-state index in [2.05, 4.69) is 10.1 Å². The van der Waals surface area contributed by atoms with E-state index >= 15 is 0 Å². The number of nitrogens with zero attached hydrogens (tertiary/aromatic N) is 3. The first-order chi connectivity index (χ1) is 8.22. The molecule has 6 nitrogen and oxygen atoms in total. The van der Waals surface area contributed by atoms with E-state index in [-0.39, 0.29) is 6.04 Å². The second-order valence-electron chi connectivity index (χ2n) is 3.61. The number of carbonyl (C=O) groups is 1. The van der Waals surface area contributed by atoms with Gasteiger partial charge in [-0.25, -0.2) is 0 Å². The number of aromatic nitrogens is 3. The summed E-state index contributed by atoms with van der Waals surface area (Å²) in [5.74, 6) is -0.502. The Bertz CT molecular complexity index is 508. The van der Waals surface area contributed by atoms with E-state index in [0.29, 0.717) is 12.1 Å². The highest BCUT2D eigenvalue weighted by Crippen LogP contribution is 2.15. The molecule has 6 heteroatoms. The second-order valence-corrected chi connectivity index (χ2v) is 3.61. The molecule has 1 unspecified atom stereocenters. The smallest absolute Gasteiger partial charge is 0.251 e. The molecule has 0 saturated heterocycles. The van der Waals surface area contributed by atoms with Gasteiger partial charge in [-0.15, -0.1) is 0 Å². The summed E-state index contributed by atoms with van der Waals surface area (Å²) in [7, 11) is 0. The zero-order valence-corrected chi connectivity index (χ0v) is 9.15. The van der Waals surface area contributed by atoms with Crippen LogP contribution >= 0.6 is 0 Å². The fraction of sp³-hybridized carbons (Fsp3) is 0.182. The Balaban J connectivity index is 2.32. The van der Waals surface area contributed by atoms with Crippen LogP contribution in [0.1, 0.15) is 22.0 Å². The van der Waals surface area contributed by atoms with Crippen LogP contribution in [0.2, 0.25) is 0 Å². The Labute approximate surface area is 98.3 Å². The Kier molecular flexibility index (Phi) is 3.15. The third kappa shape index (κ3) is 2.31. The number of nitrogens with two attached hydrogens (primary N) is 2. The van der Waals surface area contributed by atoms with Gasteiger partial charge in [0.1, 0.15) is 0 Å². The Morgan fingerprint density at radius 2 is 2.29 bits per heavy atom. The van der Waals surface area contributed by atoms with Gasteiger partial charge in [-0.05, 0) is 11.6 Å². The normalized spacial score (nSPS) is 12.3. The predicted octanol–water partition coefficient (Wildman–Crippen LogP) is -0.0749. The fourth-order valence-electron chi connectivity index (χ4n) is 1.61. The van der Waals surface area contributed by atoms with Crippen molar-refractivity contribution in [3.63, 3.8) is 0 Å². The molecule has 88 valence electrons. The number of rotatable bonds is 4. The minimum atomic E-state index is -0.502. The van der Waals surface area contributed by atoms with E-state index in [1.807, 2.05) is 12.1 Å².